The van der Waals surface area contributed by atoms with Gasteiger partial charge in [-0.05, 0) is 66.0 Å². The molecule has 29 heavy (non-hydrogen) atoms. The Hall–Kier alpha value is -1.41. The molecule has 4 nitrogen and oxygen atoms in total. The zero-order chi connectivity index (χ0) is 21.2. The van der Waals surface area contributed by atoms with Crippen molar-refractivity contribution in [3.8, 4) is 0 Å². The number of ether oxygens (including phenoxy) is 1. The lowest BCUT2D eigenvalue weighted by molar-refractivity contribution is 0.0599. The molecule has 3 rings (SSSR count). The highest BCUT2D eigenvalue weighted by atomic mass is 127. The van der Waals surface area contributed by atoms with Crippen LogP contribution in [0.5, 0.6) is 0 Å². The standard InChI is InChI=1S/C23H28INO3S/c1-23(2,3)17-12-10-15(11-13-17)18-14-29-21(19(18)22(27)28-4)25(24)20(26)16-8-6-5-7-9-16/h5-9,14-15,17H,10-13H2,1-4H3. The van der Waals surface area contributed by atoms with Gasteiger partial charge in [-0.2, -0.15) is 0 Å². The molecule has 0 bridgehead atoms. The van der Waals surface area contributed by atoms with Crippen LogP contribution in [0, 0.1) is 11.3 Å². The van der Waals surface area contributed by atoms with E-state index in [0.29, 0.717) is 33.4 Å². The van der Waals surface area contributed by atoms with Crippen molar-refractivity contribution in [2.75, 3.05) is 10.2 Å². The molecule has 0 aliphatic heterocycles. The number of hydrogen-bond acceptors (Lipinski definition) is 4. The van der Waals surface area contributed by atoms with Gasteiger partial charge in [0.05, 0.1) is 35.5 Å². The highest BCUT2D eigenvalue weighted by Gasteiger charge is 2.34. The van der Waals surface area contributed by atoms with E-state index in [1.165, 1.54) is 18.4 Å². The SMILES string of the molecule is COC(=O)c1c(C2CCC(C(C)(C)C)CC2)csc1N(I)C(=O)c1ccccc1. The van der Waals surface area contributed by atoms with Crippen LogP contribution in [0.25, 0.3) is 0 Å². The van der Waals surface area contributed by atoms with Crippen molar-refractivity contribution in [3.63, 3.8) is 0 Å². The minimum absolute atomic E-state index is 0.138. The van der Waals surface area contributed by atoms with Gasteiger partial charge in [-0.25, -0.2) is 7.91 Å². The Morgan fingerprint density at radius 3 is 2.28 bits per heavy atom. The minimum atomic E-state index is -0.364. The normalized spacial score (nSPS) is 19.6. The number of thiophene rings is 1. The first-order valence-corrected chi connectivity index (χ1v) is 11.8. The molecule has 1 heterocycles. The number of nitrogens with zero attached hydrogens (tertiary/aromatic N) is 1. The summed E-state index contributed by atoms with van der Waals surface area (Å²) < 4.78 is 6.65. The quantitative estimate of drug-likeness (QED) is 0.249. The van der Waals surface area contributed by atoms with E-state index in [0.717, 1.165) is 31.2 Å². The lowest BCUT2D eigenvalue weighted by Crippen LogP contribution is -2.26. The van der Waals surface area contributed by atoms with Gasteiger partial charge in [-0.3, -0.25) is 4.79 Å². The predicted octanol–water partition coefficient (Wildman–Crippen LogP) is 6.85. The topological polar surface area (TPSA) is 46.6 Å². The Morgan fingerprint density at radius 1 is 1.10 bits per heavy atom. The van der Waals surface area contributed by atoms with Crippen LogP contribution in [0.15, 0.2) is 35.7 Å². The lowest BCUT2D eigenvalue weighted by atomic mass is 9.68. The van der Waals surface area contributed by atoms with Gasteiger partial charge in [0.1, 0.15) is 5.00 Å². The number of anilines is 1. The molecule has 0 radical (unpaired) electrons. The van der Waals surface area contributed by atoms with Crippen molar-refractivity contribution >= 4 is 51.1 Å². The van der Waals surface area contributed by atoms with Gasteiger partial charge in [0.25, 0.3) is 5.91 Å². The van der Waals surface area contributed by atoms with Gasteiger partial charge < -0.3 is 4.74 Å². The van der Waals surface area contributed by atoms with E-state index in [9.17, 15) is 9.59 Å². The van der Waals surface area contributed by atoms with Crippen LogP contribution in [0.2, 0.25) is 0 Å². The third-order valence-corrected chi connectivity index (χ3v) is 8.19. The van der Waals surface area contributed by atoms with E-state index in [4.69, 9.17) is 4.74 Å². The van der Waals surface area contributed by atoms with Crippen molar-refractivity contribution in [2.45, 2.75) is 52.4 Å². The average Bonchev–Trinajstić information content (AvgIpc) is 3.17. The number of carbonyl (C=O) groups excluding carboxylic acids is 2. The molecule has 0 saturated heterocycles. The first-order chi connectivity index (χ1) is 13.7. The predicted molar refractivity (Wildman–Crippen MR) is 127 cm³/mol. The summed E-state index contributed by atoms with van der Waals surface area (Å²) in [6.07, 6.45) is 4.46. The maximum absolute atomic E-state index is 12.9. The van der Waals surface area contributed by atoms with Crippen LogP contribution in [-0.2, 0) is 4.74 Å². The average molecular weight is 525 g/mol. The Morgan fingerprint density at radius 2 is 1.72 bits per heavy atom. The summed E-state index contributed by atoms with van der Waals surface area (Å²) in [5.41, 5.74) is 2.50. The number of amides is 1. The highest BCUT2D eigenvalue weighted by molar-refractivity contribution is 14.1. The molecule has 0 spiro atoms. The zero-order valence-electron chi connectivity index (χ0n) is 17.4. The highest BCUT2D eigenvalue weighted by Crippen LogP contribution is 2.47. The summed E-state index contributed by atoms with van der Waals surface area (Å²) in [6.45, 7) is 6.93. The molecular formula is C23H28INO3S. The van der Waals surface area contributed by atoms with Crippen LogP contribution in [0.4, 0.5) is 5.00 Å². The summed E-state index contributed by atoms with van der Waals surface area (Å²) in [5, 5.41) is 2.70. The van der Waals surface area contributed by atoms with Crippen molar-refractivity contribution in [1.29, 1.82) is 0 Å². The summed E-state index contributed by atoms with van der Waals surface area (Å²) >= 11 is 3.44. The van der Waals surface area contributed by atoms with Gasteiger partial charge in [-0.15, -0.1) is 11.3 Å². The molecule has 156 valence electrons. The maximum Gasteiger partial charge on any atom is 0.341 e. The Kier molecular flexibility index (Phi) is 7.04. The number of rotatable bonds is 4. The van der Waals surface area contributed by atoms with Crippen LogP contribution in [-0.4, -0.2) is 19.0 Å². The molecule has 0 atom stereocenters. The van der Waals surface area contributed by atoms with Crippen molar-refractivity contribution in [3.05, 3.63) is 52.4 Å². The second kappa shape index (κ2) is 9.16. The molecule has 0 unspecified atom stereocenters. The van der Waals surface area contributed by atoms with Crippen LogP contribution < -0.4 is 3.11 Å². The number of benzene rings is 1. The fourth-order valence-corrected chi connectivity index (χ4v) is 6.07. The fraction of sp³-hybridized carbons (Fsp3) is 0.478. The number of esters is 1. The summed E-state index contributed by atoms with van der Waals surface area (Å²) in [7, 11) is 1.40. The summed E-state index contributed by atoms with van der Waals surface area (Å²) in [6, 6.07) is 9.13. The van der Waals surface area contributed by atoms with Crippen molar-refractivity contribution < 1.29 is 14.3 Å². The second-order valence-corrected chi connectivity index (χ2v) is 10.6. The first kappa shape index (κ1) is 22.3. The smallest absolute Gasteiger partial charge is 0.341 e. The van der Waals surface area contributed by atoms with E-state index in [2.05, 4.69) is 20.8 Å². The Labute approximate surface area is 191 Å². The number of hydrogen-bond donors (Lipinski definition) is 0. The Bertz CT molecular complexity index is 864. The third-order valence-electron chi connectivity index (χ3n) is 5.96. The molecule has 1 fully saturated rings. The van der Waals surface area contributed by atoms with Crippen molar-refractivity contribution in [2.24, 2.45) is 11.3 Å². The van der Waals surface area contributed by atoms with Gasteiger partial charge >= 0.3 is 5.97 Å². The zero-order valence-corrected chi connectivity index (χ0v) is 20.4. The number of halogens is 1. The molecule has 1 aromatic heterocycles. The van der Waals surface area contributed by atoms with Gasteiger partial charge in [-0.1, -0.05) is 39.0 Å². The van der Waals surface area contributed by atoms with Crippen LogP contribution >= 0.6 is 34.2 Å². The number of methoxy groups -OCH3 is 1. The number of carbonyl (C=O) groups is 2. The molecule has 2 aromatic rings. The van der Waals surface area contributed by atoms with Crippen LogP contribution in [0.3, 0.4) is 0 Å². The second-order valence-electron chi connectivity index (χ2n) is 8.73. The molecule has 1 aliphatic rings. The molecule has 1 aliphatic carbocycles. The van der Waals surface area contributed by atoms with E-state index in [1.54, 1.807) is 15.2 Å². The molecule has 1 amide bonds. The first-order valence-electron chi connectivity index (χ1n) is 9.99. The summed E-state index contributed by atoms with van der Waals surface area (Å²) in [4.78, 5) is 25.6. The van der Waals surface area contributed by atoms with E-state index in [1.807, 2.05) is 46.4 Å². The van der Waals surface area contributed by atoms with Gasteiger partial charge in [0.15, 0.2) is 0 Å². The molecule has 0 N–H and O–H groups in total. The maximum atomic E-state index is 12.9. The van der Waals surface area contributed by atoms with Crippen LogP contribution in [0.1, 0.15) is 78.7 Å². The molecule has 1 saturated carbocycles. The van der Waals surface area contributed by atoms with E-state index in [-0.39, 0.29) is 11.9 Å². The van der Waals surface area contributed by atoms with E-state index < -0.39 is 0 Å². The Balaban J connectivity index is 1.88. The third kappa shape index (κ3) is 4.85. The summed E-state index contributed by atoms with van der Waals surface area (Å²) in [5.74, 6) is 0.543. The monoisotopic (exact) mass is 525 g/mol. The largest absolute Gasteiger partial charge is 0.465 e. The van der Waals surface area contributed by atoms with E-state index >= 15 is 0 Å². The molecule has 6 heteroatoms. The van der Waals surface area contributed by atoms with Gasteiger partial charge in [0, 0.05) is 5.56 Å². The molecular weight excluding hydrogens is 497 g/mol. The molecule has 1 aromatic carbocycles. The minimum Gasteiger partial charge on any atom is -0.465 e. The lowest BCUT2D eigenvalue weighted by Gasteiger charge is -2.37. The fourth-order valence-electron chi connectivity index (χ4n) is 4.17. The van der Waals surface area contributed by atoms with Gasteiger partial charge in [0.2, 0.25) is 0 Å². The van der Waals surface area contributed by atoms with Crippen molar-refractivity contribution in [1.82, 2.24) is 0 Å².